The highest BCUT2D eigenvalue weighted by atomic mass is 16.6. The lowest BCUT2D eigenvalue weighted by molar-refractivity contribution is 0.0959. The lowest BCUT2D eigenvalue weighted by Crippen LogP contribution is -2.32. The third kappa shape index (κ3) is 5.16. The maximum absolute atomic E-state index is 11.0. The van der Waals surface area contributed by atoms with Crippen molar-refractivity contribution in [2.24, 2.45) is 5.18 Å². The number of nitrogens with one attached hydrogen (secondary N) is 1. The molecule has 1 N–H and O–H groups in total. The topological polar surface area (TPSA) is 67.8 Å². The van der Waals surface area contributed by atoms with E-state index in [1.165, 1.54) is 0 Å². The van der Waals surface area contributed by atoms with E-state index in [9.17, 15) is 9.70 Å². The molecule has 0 aliphatic heterocycles. The largest absolute Gasteiger partial charge is 0.444 e. The second-order valence-electron chi connectivity index (χ2n) is 2.88. The number of nitroso groups, excluding NO2 is 1. The van der Waals surface area contributed by atoms with Crippen LogP contribution in [0.2, 0.25) is 0 Å². The summed E-state index contributed by atoms with van der Waals surface area (Å²) >= 11 is 0. The summed E-state index contributed by atoms with van der Waals surface area (Å²) in [4.78, 5) is 21.0. The second kappa shape index (κ2) is 6.39. The third-order valence-electron chi connectivity index (χ3n) is 1.66. The van der Waals surface area contributed by atoms with Gasteiger partial charge in [0.1, 0.15) is 12.1 Å². The van der Waals surface area contributed by atoms with Crippen molar-refractivity contribution in [2.75, 3.05) is 6.54 Å². The fraction of sp³-hybridized carbons (Fsp3) is 0.875. The summed E-state index contributed by atoms with van der Waals surface area (Å²) in [7, 11) is 0. The van der Waals surface area contributed by atoms with E-state index in [2.05, 4.69) is 10.5 Å². The Bertz CT molecular complexity index is 173. The normalized spacial score (nSPS) is 14.4. The Balaban J connectivity index is 3.70. The van der Waals surface area contributed by atoms with Gasteiger partial charge in [0.25, 0.3) is 0 Å². The van der Waals surface area contributed by atoms with Crippen LogP contribution < -0.4 is 5.32 Å². The summed E-state index contributed by atoms with van der Waals surface area (Å²) in [6.07, 6.45) is -0.121. The summed E-state index contributed by atoms with van der Waals surface area (Å²) < 4.78 is 4.86. The van der Waals surface area contributed by atoms with Crippen LogP contribution in [0, 0.1) is 4.91 Å². The fourth-order valence-corrected chi connectivity index (χ4v) is 0.622. The van der Waals surface area contributed by atoms with E-state index in [4.69, 9.17) is 4.74 Å². The lowest BCUT2D eigenvalue weighted by Gasteiger charge is -2.14. The van der Waals surface area contributed by atoms with Gasteiger partial charge in [-0.05, 0) is 20.3 Å². The molecule has 0 rings (SSSR count). The molecule has 2 atom stereocenters. The molecule has 76 valence electrons. The number of hydrogen-bond donors (Lipinski definition) is 1. The quantitative estimate of drug-likeness (QED) is 0.667. The van der Waals surface area contributed by atoms with Crippen molar-refractivity contribution < 1.29 is 9.53 Å². The van der Waals surface area contributed by atoms with Crippen molar-refractivity contribution >= 4 is 6.09 Å². The Morgan fingerprint density at radius 2 is 2.15 bits per heavy atom. The Labute approximate surface area is 77.8 Å². The molecule has 0 fully saturated rings. The molecule has 0 saturated heterocycles. The number of nitrogens with zero attached hydrogens (tertiary/aromatic N) is 1. The van der Waals surface area contributed by atoms with Crippen LogP contribution in [0.1, 0.15) is 27.2 Å². The molecule has 0 saturated carbocycles. The van der Waals surface area contributed by atoms with E-state index >= 15 is 0 Å². The van der Waals surface area contributed by atoms with Gasteiger partial charge < -0.3 is 10.1 Å². The molecule has 0 spiro atoms. The maximum Gasteiger partial charge on any atom is 0.407 e. The molecule has 0 aromatic heterocycles. The first-order chi connectivity index (χ1) is 6.11. The summed E-state index contributed by atoms with van der Waals surface area (Å²) in [5.41, 5.74) is 0. The molecule has 0 aromatic rings. The first kappa shape index (κ1) is 11.9. The van der Waals surface area contributed by atoms with Crippen molar-refractivity contribution in [1.29, 1.82) is 0 Å². The van der Waals surface area contributed by atoms with Crippen LogP contribution in [0.3, 0.4) is 0 Å². The van der Waals surface area contributed by atoms with Gasteiger partial charge in [0.2, 0.25) is 0 Å². The fourth-order valence-electron chi connectivity index (χ4n) is 0.622. The van der Waals surface area contributed by atoms with Gasteiger partial charge in [-0.3, -0.25) is 0 Å². The minimum atomic E-state index is -0.507. The molecule has 1 amide bonds. The van der Waals surface area contributed by atoms with Gasteiger partial charge in [-0.15, -0.1) is 0 Å². The molecule has 0 radical (unpaired) electrons. The van der Waals surface area contributed by atoms with Crippen molar-refractivity contribution in [3.63, 3.8) is 0 Å². The molecule has 0 aliphatic carbocycles. The van der Waals surface area contributed by atoms with Crippen LogP contribution in [-0.4, -0.2) is 24.8 Å². The summed E-state index contributed by atoms with van der Waals surface area (Å²) in [6.45, 7) is 5.76. The summed E-state index contributed by atoms with van der Waals surface area (Å²) in [5.74, 6) is 0. The maximum atomic E-state index is 11.0. The smallest absolute Gasteiger partial charge is 0.407 e. The van der Waals surface area contributed by atoms with E-state index in [0.717, 1.165) is 6.42 Å². The zero-order chi connectivity index (χ0) is 10.3. The molecular formula is C8H16N2O3. The standard InChI is InChI=1S/C8H16N2O3/c1-4-5-9-8(11)13-7(3)6(2)10-12/h6-7H,4-5H2,1-3H3,(H,9,11)/t6-,7?/m1/s1. The third-order valence-corrected chi connectivity index (χ3v) is 1.66. The molecule has 0 bridgehead atoms. The number of hydrogen-bond acceptors (Lipinski definition) is 4. The zero-order valence-corrected chi connectivity index (χ0v) is 8.24. The zero-order valence-electron chi connectivity index (χ0n) is 8.24. The van der Waals surface area contributed by atoms with Crippen LogP contribution in [0.15, 0.2) is 5.18 Å². The number of alkyl carbamates (subject to hydrolysis) is 1. The van der Waals surface area contributed by atoms with Gasteiger partial charge >= 0.3 is 6.09 Å². The number of carbonyl (C=O) groups excluding carboxylic acids is 1. The molecule has 5 heteroatoms. The number of rotatable bonds is 5. The minimum absolute atomic E-state index is 0.477. The van der Waals surface area contributed by atoms with E-state index in [-0.39, 0.29) is 0 Å². The molecular weight excluding hydrogens is 172 g/mol. The van der Waals surface area contributed by atoms with Crippen LogP contribution in [0.4, 0.5) is 4.79 Å². The number of amides is 1. The predicted molar refractivity (Wildman–Crippen MR) is 49.5 cm³/mol. The van der Waals surface area contributed by atoms with E-state index in [1.807, 2.05) is 6.92 Å². The van der Waals surface area contributed by atoms with Gasteiger partial charge in [0.05, 0.1) is 0 Å². The highest BCUT2D eigenvalue weighted by Gasteiger charge is 2.16. The van der Waals surface area contributed by atoms with Gasteiger partial charge in [-0.25, -0.2) is 4.79 Å². The van der Waals surface area contributed by atoms with E-state index < -0.39 is 18.2 Å². The van der Waals surface area contributed by atoms with E-state index in [0.29, 0.717) is 6.54 Å². The van der Waals surface area contributed by atoms with Crippen molar-refractivity contribution in [3.05, 3.63) is 4.91 Å². The molecule has 0 heterocycles. The Morgan fingerprint density at radius 3 is 2.62 bits per heavy atom. The molecule has 1 unspecified atom stereocenters. The Kier molecular flexibility index (Phi) is 5.84. The SMILES string of the molecule is CCCNC(=O)OC(C)[C@@H](C)N=O. The van der Waals surface area contributed by atoms with Crippen molar-refractivity contribution in [2.45, 2.75) is 39.3 Å². The van der Waals surface area contributed by atoms with Gasteiger partial charge in [0.15, 0.2) is 0 Å². The molecule has 0 aliphatic rings. The first-order valence-corrected chi connectivity index (χ1v) is 4.38. The lowest BCUT2D eigenvalue weighted by atomic mass is 10.2. The summed E-state index contributed by atoms with van der Waals surface area (Å²) in [5, 5.41) is 5.30. The average molecular weight is 188 g/mol. The van der Waals surface area contributed by atoms with Crippen LogP contribution >= 0.6 is 0 Å². The van der Waals surface area contributed by atoms with Gasteiger partial charge in [-0.2, -0.15) is 4.91 Å². The Hall–Kier alpha value is -1.13. The van der Waals surface area contributed by atoms with Gasteiger partial charge in [0, 0.05) is 6.54 Å². The van der Waals surface area contributed by atoms with Crippen molar-refractivity contribution in [3.8, 4) is 0 Å². The highest BCUT2D eigenvalue weighted by molar-refractivity contribution is 5.67. The van der Waals surface area contributed by atoms with E-state index in [1.54, 1.807) is 13.8 Å². The number of carbonyl (C=O) groups is 1. The monoisotopic (exact) mass is 188 g/mol. The summed E-state index contributed by atoms with van der Waals surface area (Å²) in [6, 6.07) is -0.507. The molecule has 5 nitrogen and oxygen atoms in total. The van der Waals surface area contributed by atoms with Gasteiger partial charge in [-0.1, -0.05) is 12.1 Å². The predicted octanol–water partition coefficient (Wildman–Crippen LogP) is 1.67. The highest BCUT2D eigenvalue weighted by Crippen LogP contribution is 2.01. The van der Waals surface area contributed by atoms with Crippen molar-refractivity contribution in [1.82, 2.24) is 5.32 Å². The minimum Gasteiger partial charge on any atom is -0.444 e. The van der Waals surface area contributed by atoms with Crippen LogP contribution in [-0.2, 0) is 4.74 Å². The number of ether oxygens (including phenoxy) is 1. The van der Waals surface area contributed by atoms with Crippen LogP contribution in [0.5, 0.6) is 0 Å². The van der Waals surface area contributed by atoms with Crippen LogP contribution in [0.25, 0.3) is 0 Å². The molecule has 13 heavy (non-hydrogen) atoms. The average Bonchev–Trinajstić information content (AvgIpc) is 2.13. The second-order valence-corrected chi connectivity index (χ2v) is 2.88. The molecule has 0 aromatic carbocycles. The Morgan fingerprint density at radius 1 is 1.54 bits per heavy atom. The first-order valence-electron chi connectivity index (χ1n) is 4.38.